The lowest BCUT2D eigenvalue weighted by Gasteiger charge is -2.34. The van der Waals surface area contributed by atoms with Crippen molar-refractivity contribution in [1.29, 1.82) is 0 Å². The summed E-state index contributed by atoms with van der Waals surface area (Å²) in [5.74, 6) is -0.884. The van der Waals surface area contributed by atoms with Crippen molar-refractivity contribution in [2.24, 2.45) is 0 Å². The Labute approximate surface area is 97.2 Å². The quantitative estimate of drug-likeness (QED) is 0.790. The van der Waals surface area contributed by atoms with Gasteiger partial charge in [-0.2, -0.15) is 0 Å². The number of hydrogen-bond acceptors (Lipinski definition) is 4. The van der Waals surface area contributed by atoms with Crippen molar-refractivity contribution < 1.29 is 14.6 Å². The molecule has 2 aliphatic rings. The van der Waals surface area contributed by atoms with Crippen molar-refractivity contribution in [1.82, 2.24) is 0 Å². The van der Waals surface area contributed by atoms with E-state index >= 15 is 0 Å². The first kappa shape index (κ1) is 9.96. The molecule has 1 spiro atoms. The maximum absolute atomic E-state index is 10.9. The number of hydrogen-bond donors (Lipinski definition) is 2. The highest BCUT2D eigenvalue weighted by molar-refractivity contribution is 7.16. The van der Waals surface area contributed by atoms with Crippen LogP contribution in [-0.2, 0) is 0 Å². The third-order valence-electron chi connectivity index (χ3n) is 3.33. The van der Waals surface area contributed by atoms with Gasteiger partial charge in [0.15, 0.2) is 5.06 Å². The molecule has 4 nitrogen and oxygen atoms in total. The molecule has 0 radical (unpaired) electrons. The summed E-state index contributed by atoms with van der Waals surface area (Å²) in [5.41, 5.74) is 0.757. The molecule has 0 bridgehead atoms. The van der Waals surface area contributed by atoms with Crippen molar-refractivity contribution in [3.05, 3.63) is 10.9 Å². The summed E-state index contributed by atoms with van der Waals surface area (Å²) < 4.78 is 6.00. The summed E-state index contributed by atoms with van der Waals surface area (Å²) in [6.45, 7) is 0.801. The van der Waals surface area contributed by atoms with Gasteiger partial charge in [-0.15, -0.1) is 0 Å². The zero-order chi connectivity index (χ0) is 11.2. The van der Waals surface area contributed by atoms with Crippen LogP contribution in [0.5, 0.6) is 5.06 Å². The standard InChI is InChI=1S/C11H13NO3S/c13-9(14)8-5-7-10(16-8)15-11(6-12-7)3-1-2-4-11/h5,12H,1-4,6H2,(H,13,14). The second-order valence-corrected chi connectivity index (χ2v) is 5.48. The zero-order valence-electron chi connectivity index (χ0n) is 8.78. The van der Waals surface area contributed by atoms with Gasteiger partial charge in [-0.3, -0.25) is 0 Å². The maximum atomic E-state index is 10.9. The maximum Gasteiger partial charge on any atom is 0.346 e. The van der Waals surface area contributed by atoms with Crippen LogP contribution in [0.1, 0.15) is 35.4 Å². The van der Waals surface area contributed by atoms with Crippen molar-refractivity contribution in [3.63, 3.8) is 0 Å². The van der Waals surface area contributed by atoms with E-state index < -0.39 is 5.97 Å². The van der Waals surface area contributed by atoms with Gasteiger partial charge in [-0.05, 0) is 31.7 Å². The number of ether oxygens (including phenoxy) is 1. The first-order valence-electron chi connectivity index (χ1n) is 5.49. The molecule has 16 heavy (non-hydrogen) atoms. The van der Waals surface area contributed by atoms with Crippen LogP contribution in [0.2, 0.25) is 0 Å². The lowest BCUT2D eigenvalue weighted by molar-refractivity contribution is 0.0702. The topological polar surface area (TPSA) is 58.6 Å². The summed E-state index contributed by atoms with van der Waals surface area (Å²) in [7, 11) is 0. The second-order valence-electron chi connectivity index (χ2n) is 4.46. The first-order chi connectivity index (χ1) is 7.69. The molecule has 0 aromatic carbocycles. The summed E-state index contributed by atoms with van der Waals surface area (Å²) in [6.07, 6.45) is 4.54. The zero-order valence-corrected chi connectivity index (χ0v) is 9.60. The number of rotatable bonds is 1. The highest BCUT2D eigenvalue weighted by Gasteiger charge is 2.40. The molecule has 5 heteroatoms. The SMILES string of the molecule is O=C(O)c1cc2c(s1)OC1(CCCC1)CN2. The van der Waals surface area contributed by atoms with Crippen molar-refractivity contribution in [2.45, 2.75) is 31.3 Å². The van der Waals surface area contributed by atoms with E-state index in [1.54, 1.807) is 6.07 Å². The molecule has 86 valence electrons. The Morgan fingerprint density at radius 1 is 1.50 bits per heavy atom. The van der Waals surface area contributed by atoms with Crippen LogP contribution in [-0.4, -0.2) is 23.2 Å². The predicted molar refractivity (Wildman–Crippen MR) is 61.6 cm³/mol. The van der Waals surface area contributed by atoms with Gasteiger partial charge in [0.05, 0.1) is 12.2 Å². The fraction of sp³-hybridized carbons (Fsp3) is 0.545. The van der Waals surface area contributed by atoms with Crippen LogP contribution >= 0.6 is 11.3 Å². The molecule has 0 amide bonds. The van der Waals surface area contributed by atoms with E-state index in [0.29, 0.717) is 4.88 Å². The van der Waals surface area contributed by atoms with Crippen molar-refractivity contribution in [2.75, 3.05) is 11.9 Å². The number of aromatic carboxylic acids is 1. The number of thiophene rings is 1. The molecular formula is C11H13NO3S. The van der Waals surface area contributed by atoms with E-state index in [0.717, 1.165) is 30.1 Å². The summed E-state index contributed by atoms with van der Waals surface area (Å²) in [6, 6.07) is 1.66. The highest BCUT2D eigenvalue weighted by atomic mass is 32.1. The molecule has 1 fully saturated rings. The molecule has 1 aliphatic carbocycles. The summed E-state index contributed by atoms with van der Waals surface area (Å²) in [5, 5.41) is 13.0. The number of anilines is 1. The number of fused-ring (bicyclic) bond motifs is 1. The van der Waals surface area contributed by atoms with Crippen molar-refractivity contribution in [3.8, 4) is 5.06 Å². The summed E-state index contributed by atoms with van der Waals surface area (Å²) >= 11 is 1.22. The molecule has 0 saturated heterocycles. The monoisotopic (exact) mass is 239 g/mol. The van der Waals surface area contributed by atoms with E-state index in [1.807, 2.05) is 0 Å². The fourth-order valence-corrected chi connectivity index (χ4v) is 3.39. The third-order valence-corrected chi connectivity index (χ3v) is 4.33. The fourth-order valence-electron chi connectivity index (χ4n) is 2.47. The summed E-state index contributed by atoms with van der Waals surface area (Å²) in [4.78, 5) is 11.2. The number of carboxylic acid groups (broad SMARTS) is 1. The minimum atomic E-state index is -0.884. The van der Waals surface area contributed by atoms with Gasteiger partial charge in [0.1, 0.15) is 10.5 Å². The van der Waals surface area contributed by atoms with Gasteiger partial charge in [-0.25, -0.2) is 4.79 Å². The predicted octanol–water partition coefficient (Wildman–Crippen LogP) is 2.56. The van der Waals surface area contributed by atoms with E-state index in [9.17, 15) is 4.79 Å². The smallest absolute Gasteiger partial charge is 0.346 e. The molecule has 0 atom stereocenters. The van der Waals surface area contributed by atoms with E-state index in [4.69, 9.17) is 9.84 Å². The van der Waals surface area contributed by atoms with Crippen LogP contribution in [0, 0.1) is 0 Å². The Hall–Kier alpha value is -1.23. The molecule has 1 aliphatic heterocycles. The first-order valence-corrected chi connectivity index (χ1v) is 6.30. The molecule has 2 heterocycles. The minimum Gasteiger partial charge on any atom is -0.477 e. The third kappa shape index (κ3) is 1.46. The molecule has 1 saturated carbocycles. The van der Waals surface area contributed by atoms with Gasteiger partial charge < -0.3 is 15.2 Å². The van der Waals surface area contributed by atoms with E-state index in [-0.39, 0.29) is 5.60 Å². The Kier molecular flexibility index (Phi) is 2.10. The number of carboxylic acids is 1. The number of carbonyl (C=O) groups is 1. The lowest BCUT2D eigenvalue weighted by atomic mass is 10.0. The van der Waals surface area contributed by atoms with Crippen LogP contribution < -0.4 is 10.1 Å². The minimum absolute atomic E-state index is 0.0758. The average Bonchev–Trinajstić information content (AvgIpc) is 2.85. The molecule has 0 unspecified atom stereocenters. The van der Waals surface area contributed by atoms with Gasteiger partial charge >= 0.3 is 5.97 Å². The van der Waals surface area contributed by atoms with E-state index in [2.05, 4.69) is 5.32 Å². The Balaban J connectivity index is 1.91. The van der Waals surface area contributed by atoms with Gasteiger partial charge in [0.2, 0.25) is 0 Å². The largest absolute Gasteiger partial charge is 0.477 e. The van der Waals surface area contributed by atoms with Gasteiger partial charge in [0.25, 0.3) is 0 Å². The Bertz CT molecular complexity index is 434. The normalized spacial score (nSPS) is 21.2. The number of nitrogens with one attached hydrogen (secondary N) is 1. The molecule has 1 aromatic heterocycles. The average molecular weight is 239 g/mol. The molecule has 3 rings (SSSR count). The second kappa shape index (κ2) is 3.38. The van der Waals surface area contributed by atoms with Crippen LogP contribution in [0.4, 0.5) is 5.69 Å². The van der Waals surface area contributed by atoms with Crippen LogP contribution in [0.25, 0.3) is 0 Å². The highest BCUT2D eigenvalue weighted by Crippen LogP contribution is 2.45. The van der Waals surface area contributed by atoms with Crippen LogP contribution in [0.3, 0.4) is 0 Å². The van der Waals surface area contributed by atoms with Gasteiger partial charge in [0, 0.05) is 0 Å². The van der Waals surface area contributed by atoms with E-state index in [1.165, 1.54) is 24.2 Å². The van der Waals surface area contributed by atoms with Crippen molar-refractivity contribution >= 4 is 23.0 Å². The lowest BCUT2D eigenvalue weighted by Crippen LogP contribution is -2.42. The Morgan fingerprint density at radius 2 is 2.25 bits per heavy atom. The molecule has 2 N–H and O–H groups in total. The van der Waals surface area contributed by atoms with Crippen LogP contribution in [0.15, 0.2) is 6.07 Å². The molecule has 1 aromatic rings. The van der Waals surface area contributed by atoms with Gasteiger partial charge in [-0.1, -0.05) is 11.3 Å². The Morgan fingerprint density at radius 3 is 2.94 bits per heavy atom. The molecular weight excluding hydrogens is 226 g/mol.